The number of hydrogen-bond donors (Lipinski definition) is 1. The summed E-state index contributed by atoms with van der Waals surface area (Å²) in [4.78, 5) is 0. The summed E-state index contributed by atoms with van der Waals surface area (Å²) in [7, 11) is 1.81. The number of benzene rings is 1. The van der Waals surface area contributed by atoms with Crippen LogP contribution in [0.4, 0.5) is 4.39 Å². The molecule has 0 radical (unpaired) electrons. The minimum atomic E-state index is -0.175. The molecule has 0 saturated carbocycles. The maximum atomic E-state index is 13.9. The average molecular weight is 247 g/mol. The molecule has 1 aromatic heterocycles. The molecule has 0 atom stereocenters. The highest BCUT2D eigenvalue weighted by Crippen LogP contribution is 2.25. The third-order valence-electron chi connectivity index (χ3n) is 3.13. The summed E-state index contributed by atoms with van der Waals surface area (Å²) in [6, 6.07) is 5.35. The third kappa shape index (κ3) is 2.29. The maximum absolute atomic E-state index is 13.9. The Balaban J connectivity index is 2.39. The Morgan fingerprint density at radius 2 is 2.17 bits per heavy atom. The number of rotatable bonds is 4. The maximum Gasteiger partial charge on any atom is 0.128 e. The van der Waals surface area contributed by atoms with E-state index in [2.05, 4.69) is 10.4 Å². The Kier molecular flexibility index (Phi) is 3.77. The van der Waals surface area contributed by atoms with Crippen LogP contribution < -0.4 is 5.32 Å². The fraction of sp³-hybridized carbons (Fsp3) is 0.357. The van der Waals surface area contributed by atoms with E-state index in [1.165, 1.54) is 0 Å². The molecule has 0 amide bonds. The van der Waals surface area contributed by atoms with Gasteiger partial charge in [-0.2, -0.15) is 5.10 Å². The Hall–Kier alpha value is -1.68. The second-order valence-electron chi connectivity index (χ2n) is 4.30. The lowest BCUT2D eigenvalue weighted by molar-refractivity contribution is 0.601. The summed E-state index contributed by atoms with van der Waals surface area (Å²) in [6.07, 6.45) is 1.80. The highest BCUT2D eigenvalue weighted by molar-refractivity contribution is 5.65. The lowest BCUT2D eigenvalue weighted by Crippen LogP contribution is -2.06. The second kappa shape index (κ2) is 5.31. The molecule has 2 rings (SSSR count). The molecule has 0 aliphatic rings. The van der Waals surface area contributed by atoms with E-state index in [4.69, 9.17) is 0 Å². The Labute approximate surface area is 107 Å². The summed E-state index contributed by atoms with van der Waals surface area (Å²) >= 11 is 0. The van der Waals surface area contributed by atoms with Crippen LogP contribution in [0.3, 0.4) is 0 Å². The Morgan fingerprint density at radius 1 is 1.39 bits per heavy atom. The number of nitrogens with zero attached hydrogens (tertiary/aromatic N) is 2. The number of halogens is 1. The van der Waals surface area contributed by atoms with E-state index in [0.717, 1.165) is 23.4 Å². The van der Waals surface area contributed by atoms with Gasteiger partial charge in [0.05, 0.1) is 6.20 Å². The van der Waals surface area contributed by atoms with Gasteiger partial charge in [0.25, 0.3) is 0 Å². The van der Waals surface area contributed by atoms with Crippen molar-refractivity contribution < 1.29 is 4.39 Å². The number of aryl methyl sites for hydroxylation is 1. The molecule has 0 aliphatic heterocycles. The fourth-order valence-electron chi connectivity index (χ4n) is 2.10. The first kappa shape index (κ1) is 12.8. The van der Waals surface area contributed by atoms with Crippen molar-refractivity contribution in [3.63, 3.8) is 0 Å². The molecule has 3 nitrogen and oxygen atoms in total. The third-order valence-corrected chi connectivity index (χ3v) is 3.13. The molecule has 96 valence electrons. The average Bonchev–Trinajstić information content (AvgIpc) is 2.73. The SMILES string of the molecule is CCn1ncc(-c2ccc(CNC)c(F)c2)c1C. The quantitative estimate of drug-likeness (QED) is 0.900. The van der Waals surface area contributed by atoms with E-state index in [-0.39, 0.29) is 5.82 Å². The monoisotopic (exact) mass is 247 g/mol. The van der Waals surface area contributed by atoms with Gasteiger partial charge in [0.2, 0.25) is 0 Å². The number of nitrogens with one attached hydrogen (secondary N) is 1. The predicted molar refractivity (Wildman–Crippen MR) is 70.8 cm³/mol. The van der Waals surface area contributed by atoms with Crippen molar-refractivity contribution in [2.24, 2.45) is 0 Å². The normalized spacial score (nSPS) is 10.9. The van der Waals surface area contributed by atoms with Crippen LogP contribution in [0.1, 0.15) is 18.2 Å². The molecule has 1 heterocycles. The van der Waals surface area contributed by atoms with Crippen LogP contribution >= 0.6 is 0 Å². The molecule has 0 fully saturated rings. The van der Waals surface area contributed by atoms with Crippen LogP contribution in [0.2, 0.25) is 0 Å². The topological polar surface area (TPSA) is 29.9 Å². The number of hydrogen-bond acceptors (Lipinski definition) is 2. The first-order valence-electron chi connectivity index (χ1n) is 6.13. The largest absolute Gasteiger partial charge is 0.316 e. The van der Waals surface area contributed by atoms with Gasteiger partial charge in [-0.25, -0.2) is 4.39 Å². The molecule has 1 N–H and O–H groups in total. The van der Waals surface area contributed by atoms with Crippen LogP contribution in [0.5, 0.6) is 0 Å². The van der Waals surface area contributed by atoms with Crippen molar-refractivity contribution in [1.82, 2.24) is 15.1 Å². The second-order valence-corrected chi connectivity index (χ2v) is 4.30. The molecular formula is C14H18FN3. The van der Waals surface area contributed by atoms with Gasteiger partial charge in [-0.1, -0.05) is 12.1 Å². The summed E-state index contributed by atoms with van der Waals surface area (Å²) in [5.74, 6) is -0.175. The van der Waals surface area contributed by atoms with Gasteiger partial charge >= 0.3 is 0 Å². The van der Waals surface area contributed by atoms with E-state index in [9.17, 15) is 4.39 Å². The predicted octanol–water partition coefficient (Wildman–Crippen LogP) is 2.74. The van der Waals surface area contributed by atoms with Gasteiger partial charge in [0, 0.05) is 29.9 Å². The lowest BCUT2D eigenvalue weighted by Gasteiger charge is -2.06. The Morgan fingerprint density at radius 3 is 2.72 bits per heavy atom. The van der Waals surface area contributed by atoms with Gasteiger partial charge in [-0.15, -0.1) is 0 Å². The van der Waals surface area contributed by atoms with Crippen molar-refractivity contribution in [3.05, 3.63) is 41.5 Å². The van der Waals surface area contributed by atoms with Crippen molar-refractivity contribution in [2.45, 2.75) is 26.9 Å². The van der Waals surface area contributed by atoms with Gasteiger partial charge in [0.15, 0.2) is 0 Å². The molecule has 4 heteroatoms. The molecule has 0 spiro atoms. The summed E-state index contributed by atoms with van der Waals surface area (Å²) in [6.45, 7) is 5.41. The van der Waals surface area contributed by atoms with E-state index in [1.807, 2.05) is 37.7 Å². The van der Waals surface area contributed by atoms with Gasteiger partial charge in [0.1, 0.15) is 5.82 Å². The molecule has 0 bridgehead atoms. The molecular weight excluding hydrogens is 229 g/mol. The standard InChI is InChI=1S/C14H18FN3/c1-4-18-10(2)13(9-17-18)11-5-6-12(8-16-3)14(15)7-11/h5-7,9,16H,4,8H2,1-3H3. The van der Waals surface area contributed by atoms with E-state index < -0.39 is 0 Å². The van der Waals surface area contributed by atoms with E-state index >= 15 is 0 Å². The van der Waals surface area contributed by atoms with Crippen molar-refractivity contribution in [3.8, 4) is 11.1 Å². The van der Waals surface area contributed by atoms with Crippen LogP contribution in [0.25, 0.3) is 11.1 Å². The van der Waals surface area contributed by atoms with Crippen LogP contribution in [-0.2, 0) is 13.1 Å². The minimum absolute atomic E-state index is 0.175. The number of aromatic nitrogens is 2. The zero-order chi connectivity index (χ0) is 13.1. The van der Waals surface area contributed by atoms with Gasteiger partial charge in [-0.3, -0.25) is 4.68 Å². The summed E-state index contributed by atoms with van der Waals surface area (Å²) in [5, 5.41) is 7.23. The zero-order valence-corrected chi connectivity index (χ0v) is 11.0. The highest BCUT2D eigenvalue weighted by atomic mass is 19.1. The van der Waals surface area contributed by atoms with E-state index in [1.54, 1.807) is 12.3 Å². The van der Waals surface area contributed by atoms with Crippen LogP contribution in [-0.4, -0.2) is 16.8 Å². The van der Waals surface area contributed by atoms with Gasteiger partial charge in [-0.05, 0) is 32.5 Å². The molecule has 0 unspecified atom stereocenters. The zero-order valence-electron chi connectivity index (χ0n) is 11.0. The summed E-state index contributed by atoms with van der Waals surface area (Å²) < 4.78 is 15.8. The van der Waals surface area contributed by atoms with Crippen LogP contribution in [0, 0.1) is 12.7 Å². The molecule has 2 aromatic rings. The molecule has 0 aliphatic carbocycles. The first-order chi connectivity index (χ1) is 8.67. The molecule has 1 aromatic carbocycles. The van der Waals surface area contributed by atoms with Gasteiger partial charge < -0.3 is 5.32 Å². The van der Waals surface area contributed by atoms with Crippen LogP contribution in [0.15, 0.2) is 24.4 Å². The molecule has 0 saturated heterocycles. The van der Waals surface area contributed by atoms with E-state index in [0.29, 0.717) is 12.1 Å². The molecule has 18 heavy (non-hydrogen) atoms. The van der Waals surface area contributed by atoms with Crippen molar-refractivity contribution >= 4 is 0 Å². The Bertz CT molecular complexity index is 546. The lowest BCUT2D eigenvalue weighted by atomic mass is 10.0. The summed E-state index contributed by atoms with van der Waals surface area (Å²) in [5.41, 5.74) is 3.62. The minimum Gasteiger partial charge on any atom is -0.316 e. The van der Waals surface area contributed by atoms with Crippen molar-refractivity contribution in [1.29, 1.82) is 0 Å². The smallest absolute Gasteiger partial charge is 0.128 e. The highest BCUT2D eigenvalue weighted by Gasteiger charge is 2.10. The van der Waals surface area contributed by atoms with Crippen molar-refractivity contribution in [2.75, 3.05) is 7.05 Å². The first-order valence-corrected chi connectivity index (χ1v) is 6.13. The fourth-order valence-corrected chi connectivity index (χ4v) is 2.10.